The molecule has 0 aliphatic carbocycles. The van der Waals surface area contributed by atoms with Gasteiger partial charge in [-0.15, -0.1) is 0 Å². The number of benzene rings is 2. The van der Waals surface area contributed by atoms with Crippen LogP contribution in [0.25, 0.3) is 11.0 Å². The Morgan fingerprint density at radius 3 is 2.86 bits per heavy atom. The first-order valence-corrected chi connectivity index (χ1v) is 9.60. The van der Waals surface area contributed by atoms with Crippen molar-refractivity contribution in [3.63, 3.8) is 0 Å². The van der Waals surface area contributed by atoms with Crippen LogP contribution >= 0.6 is 0 Å². The first kappa shape index (κ1) is 17.3. The summed E-state index contributed by atoms with van der Waals surface area (Å²) in [4.78, 5) is 15.2. The lowest BCUT2D eigenvalue weighted by Crippen LogP contribution is -2.41. The molecule has 1 fully saturated rings. The van der Waals surface area contributed by atoms with E-state index < -0.39 is 0 Å². The van der Waals surface area contributed by atoms with Gasteiger partial charge in [0.15, 0.2) is 5.58 Å². The molecule has 5 rings (SSSR count). The smallest absolute Gasteiger partial charge is 0.233 e. The summed E-state index contributed by atoms with van der Waals surface area (Å²) in [5, 5.41) is 4.96. The molecule has 0 unspecified atom stereocenters. The molecule has 0 saturated carbocycles. The second-order valence-electron chi connectivity index (χ2n) is 7.56. The highest BCUT2D eigenvalue weighted by Gasteiger charge is 2.45. The van der Waals surface area contributed by atoms with Crippen LogP contribution < -0.4 is 9.64 Å². The molecule has 1 spiro atoms. The Labute approximate surface area is 163 Å². The predicted octanol–water partition coefficient (Wildman–Crippen LogP) is 3.47. The van der Waals surface area contributed by atoms with Crippen molar-refractivity contribution in [2.24, 2.45) is 0 Å². The molecule has 3 aromatic rings. The van der Waals surface area contributed by atoms with Gasteiger partial charge >= 0.3 is 0 Å². The molecule has 1 amide bonds. The number of carbonyl (C=O) groups is 1. The molecule has 6 nitrogen and oxygen atoms in total. The molecule has 3 heterocycles. The van der Waals surface area contributed by atoms with Gasteiger partial charge in [-0.05, 0) is 42.7 Å². The lowest BCUT2D eigenvalue weighted by Gasteiger charge is -2.34. The Morgan fingerprint density at radius 1 is 1.21 bits per heavy atom. The fourth-order valence-electron chi connectivity index (χ4n) is 4.50. The Morgan fingerprint density at radius 2 is 2.04 bits per heavy atom. The molecule has 2 aliphatic heterocycles. The minimum atomic E-state index is -0.000381. The van der Waals surface area contributed by atoms with E-state index in [1.54, 1.807) is 7.11 Å². The number of rotatable bonds is 3. The average Bonchev–Trinajstić information content (AvgIpc) is 3.28. The number of carbonyl (C=O) groups excluding carboxylic acids is 1. The van der Waals surface area contributed by atoms with Gasteiger partial charge in [0.05, 0.1) is 13.5 Å². The van der Waals surface area contributed by atoms with Gasteiger partial charge in [-0.2, -0.15) is 0 Å². The van der Waals surface area contributed by atoms with E-state index in [4.69, 9.17) is 14.0 Å². The van der Waals surface area contributed by atoms with Crippen LogP contribution in [-0.4, -0.2) is 37.9 Å². The number of aromatic nitrogens is 1. The molecule has 6 heteroatoms. The zero-order chi connectivity index (χ0) is 19.1. The van der Waals surface area contributed by atoms with E-state index in [9.17, 15) is 4.79 Å². The Balaban J connectivity index is 1.46. The van der Waals surface area contributed by atoms with Crippen molar-refractivity contribution in [1.29, 1.82) is 0 Å². The van der Waals surface area contributed by atoms with Gasteiger partial charge in [0, 0.05) is 36.2 Å². The standard InChI is InChI=1S/C22H22N2O4/c1-26-15-6-7-20-16(12-15)18(23-28-20)13-21(25)24-14-22(8-10-27-11-9-22)17-4-2-3-5-19(17)24/h2-7,12H,8-11,13-14H2,1H3. The lowest BCUT2D eigenvalue weighted by atomic mass is 9.76. The van der Waals surface area contributed by atoms with Crippen LogP contribution in [-0.2, 0) is 21.4 Å². The minimum Gasteiger partial charge on any atom is -0.497 e. The van der Waals surface area contributed by atoms with E-state index in [1.165, 1.54) is 5.56 Å². The van der Waals surface area contributed by atoms with E-state index >= 15 is 0 Å². The van der Waals surface area contributed by atoms with E-state index in [0.717, 1.165) is 42.9 Å². The van der Waals surface area contributed by atoms with Gasteiger partial charge in [0.1, 0.15) is 11.4 Å². The number of ether oxygens (including phenoxy) is 2. The fraction of sp³-hybridized carbons (Fsp3) is 0.364. The molecule has 2 aliphatic rings. The van der Waals surface area contributed by atoms with Crippen molar-refractivity contribution < 1.29 is 18.8 Å². The molecule has 0 radical (unpaired) electrons. The largest absolute Gasteiger partial charge is 0.497 e. The van der Waals surface area contributed by atoms with E-state index in [2.05, 4.69) is 17.3 Å². The quantitative estimate of drug-likeness (QED) is 0.698. The molecule has 0 bridgehead atoms. The monoisotopic (exact) mass is 378 g/mol. The zero-order valence-corrected chi connectivity index (χ0v) is 15.8. The number of nitrogens with zero attached hydrogens (tertiary/aromatic N) is 2. The molecule has 0 atom stereocenters. The average molecular weight is 378 g/mol. The topological polar surface area (TPSA) is 64.8 Å². The summed E-state index contributed by atoms with van der Waals surface area (Å²) in [6.45, 7) is 2.18. The second-order valence-corrected chi connectivity index (χ2v) is 7.56. The maximum absolute atomic E-state index is 13.3. The van der Waals surface area contributed by atoms with Gasteiger partial charge in [0.2, 0.25) is 5.91 Å². The van der Waals surface area contributed by atoms with Crippen molar-refractivity contribution in [1.82, 2.24) is 5.16 Å². The van der Waals surface area contributed by atoms with Crippen LogP contribution in [0.1, 0.15) is 24.1 Å². The molecular weight excluding hydrogens is 356 g/mol. The summed E-state index contributed by atoms with van der Waals surface area (Å²) >= 11 is 0. The van der Waals surface area contributed by atoms with Gasteiger partial charge < -0.3 is 18.9 Å². The third-order valence-electron chi connectivity index (χ3n) is 6.05. The molecule has 0 N–H and O–H groups in total. The van der Waals surface area contributed by atoms with Gasteiger partial charge in [0.25, 0.3) is 0 Å². The van der Waals surface area contributed by atoms with Crippen molar-refractivity contribution >= 4 is 22.6 Å². The first-order valence-electron chi connectivity index (χ1n) is 9.60. The predicted molar refractivity (Wildman–Crippen MR) is 105 cm³/mol. The summed E-state index contributed by atoms with van der Waals surface area (Å²) in [5.41, 5.74) is 3.58. The zero-order valence-electron chi connectivity index (χ0n) is 15.8. The van der Waals surface area contributed by atoms with E-state index in [0.29, 0.717) is 17.8 Å². The highest BCUT2D eigenvalue weighted by atomic mass is 16.5. The molecule has 2 aromatic carbocycles. The van der Waals surface area contributed by atoms with Crippen molar-refractivity contribution in [3.05, 3.63) is 53.7 Å². The third-order valence-corrected chi connectivity index (χ3v) is 6.05. The van der Waals surface area contributed by atoms with Crippen molar-refractivity contribution in [2.45, 2.75) is 24.7 Å². The number of methoxy groups -OCH3 is 1. The Kier molecular flexibility index (Phi) is 4.09. The van der Waals surface area contributed by atoms with Crippen LogP contribution in [0, 0.1) is 0 Å². The molecule has 28 heavy (non-hydrogen) atoms. The first-order chi connectivity index (χ1) is 13.7. The van der Waals surface area contributed by atoms with Gasteiger partial charge in [-0.1, -0.05) is 23.4 Å². The molecular formula is C22H22N2O4. The van der Waals surface area contributed by atoms with Crippen LogP contribution in [0.2, 0.25) is 0 Å². The van der Waals surface area contributed by atoms with Crippen molar-refractivity contribution in [3.8, 4) is 5.75 Å². The second kappa shape index (κ2) is 6.63. The number of hydrogen-bond donors (Lipinski definition) is 0. The Hall–Kier alpha value is -2.86. The number of fused-ring (bicyclic) bond motifs is 3. The minimum absolute atomic E-state index is 0.000381. The molecule has 1 saturated heterocycles. The third kappa shape index (κ3) is 2.67. The number of hydrogen-bond acceptors (Lipinski definition) is 5. The summed E-state index contributed by atoms with van der Waals surface area (Å²) in [5.74, 6) is 0.755. The maximum atomic E-state index is 13.3. The van der Waals surface area contributed by atoms with E-state index in [-0.39, 0.29) is 17.7 Å². The molecule has 144 valence electrons. The van der Waals surface area contributed by atoms with Crippen LogP contribution in [0.4, 0.5) is 5.69 Å². The summed E-state index contributed by atoms with van der Waals surface area (Å²) < 4.78 is 16.3. The van der Waals surface area contributed by atoms with Crippen LogP contribution in [0.15, 0.2) is 47.0 Å². The van der Waals surface area contributed by atoms with E-state index in [1.807, 2.05) is 35.2 Å². The summed E-state index contributed by atoms with van der Waals surface area (Å²) in [6, 6.07) is 13.8. The summed E-state index contributed by atoms with van der Waals surface area (Å²) in [7, 11) is 1.62. The SMILES string of the molecule is COc1ccc2onc(CC(=O)N3CC4(CCOCC4)c4ccccc43)c2c1. The van der Waals surface area contributed by atoms with Crippen LogP contribution in [0.3, 0.4) is 0 Å². The Bertz CT molecular complexity index is 1040. The van der Waals surface area contributed by atoms with Crippen LogP contribution in [0.5, 0.6) is 5.75 Å². The number of para-hydroxylation sites is 1. The fourth-order valence-corrected chi connectivity index (χ4v) is 4.50. The highest BCUT2D eigenvalue weighted by Crippen LogP contribution is 2.46. The van der Waals surface area contributed by atoms with Crippen molar-refractivity contribution in [2.75, 3.05) is 31.8 Å². The number of anilines is 1. The molecule has 1 aromatic heterocycles. The highest BCUT2D eigenvalue weighted by molar-refractivity contribution is 5.99. The maximum Gasteiger partial charge on any atom is 0.233 e. The summed E-state index contributed by atoms with van der Waals surface area (Å²) in [6.07, 6.45) is 2.08. The van der Waals surface area contributed by atoms with Gasteiger partial charge in [-0.25, -0.2) is 0 Å². The normalized spacial score (nSPS) is 17.8. The lowest BCUT2D eigenvalue weighted by molar-refractivity contribution is -0.118. The number of amides is 1. The van der Waals surface area contributed by atoms with Gasteiger partial charge in [-0.3, -0.25) is 4.79 Å².